The maximum Gasteiger partial charge on any atom is 0.326 e. The number of carboxylic acid groups (broad SMARTS) is 3. The Labute approximate surface area is 536 Å². The molecule has 3 heterocycles. The van der Waals surface area contributed by atoms with Gasteiger partial charge in [0.15, 0.2) is 0 Å². The molecule has 17 N–H and O–H groups in total. The summed E-state index contributed by atoms with van der Waals surface area (Å²) in [5, 5.41) is 54.7. The highest BCUT2D eigenvalue weighted by Gasteiger charge is 2.44. The van der Waals surface area contributed by atoms with Crippen molar-refractivity contribution in [2.75, 3.05) is 26.2 Å². The van der Waals surface area contributed by atoms with Gasteiger partial charge in [-0.15, -0.1) is 0 Å². The molecule has 13 atom stereocenters. The molecule has 32 heteroatoms. The average Bonchev–Trinajstić information content (AvgIpc) is 1.60. The Morgan fingerprint density at radius 1 is 0.500 bits per heavy atom. The SMILES string of the molecule is CC[C@H](C)[C@H](NC(=O)[C@H](C)NC(=O)[C@@H]1CCCN1)C(=O)N[C@@H](CCC(=O)O)C(=O)N1CCC[C@H]1C(=O)N[C@H](C(=O)N1CCC[C@H]1C(=O)N[C@@H](CC(C)C)C(=O)N[C@H](C(=O)N[C@@H](CCCCN)C(=O)N[C@@H](CCC(N)=O)C(=O)N[C@@H](CC(=O)O)C(=O)O)C(C)C)C(C)C. The molecule has 3 aliphatic rings. The summed E-state index contributed by atoms with van der Waals surface area (Å²) in [5.41, 5.74) is 11.0. The summed E-state index contributed by atoms with van der Waals surface area (Å²) < 4.78 is 0. The number of nitrogens with one attached hydrogen (secondary N) is 10. The van der Waals surface area contributed by atoms with Crippen molar-refractivity contribution in [3.63, 3.8) is 0 Å². The normalized spacial score (nSPS) is 19.6. The molecule has 0 radical (unpaired) electrons. The van der Waals surface area contributed by atoms with Crippen molar-refractivity contribution >= 4 is 88.8 Å². The number of unbranched alkanes of at least 4 members (excludes halogenated alkanes) is 1. The number of aliphatic carboxylic acids is 3. The molecule has 518 valence electrons. The van der Waals surface area contributed by atoms with Crippen LogP contribution in [0, 0.1) is 23.7 Å². The van der Waals surface area contributed by atoms with Crippen molar-refractivity contribution in [1.29, 1.82) is 0 Å². The van der Waals surface area contributed by atoms with Crippen molar-refractivity contribution in [3.05, 3.63) is 0 Å². The first-order valence-corrected chi connectivity index (χ1v) is 31.9. The fourth-order valence-electron chi connectivity index (χ4n) is 11.1. The zero-order valence-electron chi connectivity index (χ0n) is 54.4. The number of amides is 12. The van der Waals surface area contributed by atoms with Crippen LogP contribution in [0.5, 0.6) is 0 Å². The summed E-state index contributed by atoms with van der Waals surface area (Å²) in [7, 11) is 0. The number of hydrogen-bond acceptors (Lipinski definition) is 17. The monoisotopic (exact) mass is 1300 g/mol. The van der Waals surface area contributed by atoms with E-state index in [1.165, 1.54) is 16.7 Å². The van der Waals surface area contributed by atoms with Crippen LogP contribution in [0.4, 0.5) is 0 Å². The summed E-state index contributed by atoms with van der Waals surface area (Å²) in [6.45, 7) is 16.0. The minimum atomic E-state index is -1.91. The molecule has 0 bridgehead atoms. The lowest BCUT2D eigenvalue weighted by Gasteiger charge is -2.34. The van der Waals surface area contributed by atoms with Gasteiger partial charge in [0.05, 0.1) is 12.5 Å². The number of hydrogen-bond donors (Lipinski definition) is 15. The Bertz CT molecular complexity index is 2640. The van der Waals surface area contributed by atoms with Gasteiger partial charge in [0.1, 0.15) is 66.5 Å². The van der Waals surface area contributed by atoms with Gasteiger partial charge in [-0.05, 0) is 121 Å². The van der Waals surface area contributed by atoms with Crippen LogP contribution in [0.25, 0.3) is 0 Å². The quantitative estimate of drug-likeness (QED) is 0.0279. The van der Waals surface area contributed by atoms with E-state index in [1.54, 1.807) is 55.4 Å². The third-order valence-electron chi connectivity index (χ3n) is 16.6. The van der Waals surface area contributed by atoms with Gasteiger partial charge in [0.25, 0.3) is 0 Å². The van der Waals surface area contributed by atoms with Gasteiger partial charge >= 0.3 is 17.9 Å². The zero-order chi connectivity index (χ0) is 69.3. The molecule has 3 rings (SSSR count). The number of carbonyl (C=O) groups is 15. The minimum absolute atomic E-state index is 0.0335. The lowest BCUT2D eigenvalue weighted by atomic mass is 9.97. The van der Waals surface area contributed by atoms with Crippen LogP contribution in [0.2, 0.25) is 0 Å². The van der Waals surface area contributed by atoms with Crippen molar-refractivity contribution in [2.45, 2.75) is 238 Å². The second-order valence-electron chi connectivity index (χ2n) is 25.2. The Morgan fingerprint density at radius 2 is 1.01 bits per heavy atom. The molecule has 0 aromatic rings. The van der Waals surface area contributed by atoms with Crippen molar-refractivity contribution in [3.8, 4) is 0 Å². The number of rotatable bonds is 39. The van der Waals surface area contributed by atoms with Crippen LogP contribution in [-0.4, -0.2) is 213 Å². The fourth-order valence-corrected chi connectivity index (χ4v) is 11.1. The number of nitrogens with zero attached hydrogens (tertiary/aromatic N) is 2. The summed E-state index contributed by atoms with van der Waals surface area (Å²) in [6.07, 6.45) is 0.571. The van der Waals surface area contributed by atoms with E-state index in [-0.39, 0.29) is 70.0 Å². The van der Waals surface area contributed by atoms with Crippen LogP contribution in [0.3, 0.4) is 0 Å². The standard InChI is InChI=1S/C60H100N14O18/c1-10-33(8)48(72-49(80)34(9)64-50(81)35-17-13-25-63-35)57(88)67-38(21-23-44(76)77)58(89)73-26-14-19-42(73)55(86)71-47(32(6)7)59(90)74-27-15-18-41(74)54(85)68-39(28-30(2)3)53(84)70-46(31(4)5)56(87)66-36(16-11-12-24-61)51(82)65-37(20-22-43(62)75)52(83)69-40(60(91)92)29-45(78)79/h30-42,46-48,63H,10-29,61H2,1-9H3,(H2,62,75)(H,64,81)(H,65,82)(H,66,87)(H,67,88)(H,68,85)(H,69,83)(H,70,84)(H,71,86)(H,72,80)(H,76,77)(H,78,79)(H,91,92)/t33-,34-,35-,36-,37-,38-,39-,40-,41-,42-,46-,47-,48-/m0/s1. The van der Waals surface area contributed by atoms with Crippen molar-refractivity contribution in [1.82, 2.24) is 63.0 Å². The molecule has 0 spiro atoms. The third-order valence-corrected chi connectivity index (χ3v) is 16.6. The molecule has 3 fully saturated rings. The van der Waals surface area contributed by atoms with Gasteiger partial charge in [0, 0.05) is 25.9 Å². The molecule has 92 heavy (non-hydrogen) atoms. The Hall–Kier alpha value is -8.03. The van der Waals surface area contributed by atoms with E-state index in [2.05, 4.69) is 47.9 Å². The molecule has 0 aliphatic carbocycles. The largest absolute Gasteiger partial charge is 0.481 e. The molecule has 12 amide bonds. The van der Waals surface area contributed by atoms with Crippen molar-refractivity contribution in [2.24, 2.45) is 35.1 Å². The third kappa shape index (κ3) is 24.5. The van der Waals surface area contributed by atoms with Crippen LogP contribution < -0.4 is 64.6 Å². The Balaban J connectivity index is 1.81. The highest BCUT2D eigenvalue weighted by molar-refractivity contribution is 6.00. The molecule has 0 unspecified atom stereocenters. The first kappa shape index (κ1) is 78.2. The molecule has 32 nitrogen and oxygen atoms in total. The minimum Gasteiger partial charge on any atom is -0.481 e. The van der Waals surface area contributed by atoms with Gasteiger partial charge in [-0.2, -0.15) is 0 Å². The number of likely N-dealkylation sites (tertiary alicyclic amines) is 2. The molecule has 0 saturated carbocycles. The van der Waals surface area contributed by atoms with E-state index in [0.717, 1.165) is 6.42 Å². The van der Waals surface area contributed by atoms with Gasteiger partial charge in [0.2, 0.25) is 70.9 Å². The van der Waals surface area contributed by atoms with E-state index < -0.39 is 199 Å². The van der Waals surface area contributed by atoms with E-state index in [4.69, 9.17) is 11.5 Å². The second-order valence-corrected chi connectivity index (χ2v) is 25.2. The van der Waals surface area contributed by atoms with Crippen LogP contribution in [-0.2, 0) is 71.9 Å². The summed E-state index contributed by atoms with van der Waals surface area (Å²) in [4.78, 5) is 203. The molecule has 3 aliphatic heterocycles. The van der Waals surface area contributed by atoms with E-state index in [0.29, 0.717) is 38.6 Å². The second kappa shape index (κ2) is 38.1. The highest BCUT2D eigenvalue weighted by atomic mass is 16.4. The Kier molecular flexibility index (Phi) is 32.4. The average molecular weight is 1310 g/mol. The zero-order valence-corrected chi connectivity index (χ0v) is 54.4. The molecule has 3 saturated heterocycles. The predicted molar refractivity (Wildman–Crippen MR) is 330 cm³/mol. The predicted octanol–water partition coefficient (Wildman–Crippen LogP) is -2.67. The molecule has 0 aromatic heterocycles. The number of primary amides is 1. The summed E-state index contributed by atoms with van der Waals surface area (Å²) in [6, 6.07) is -15.3. The van der Waals surface area contributed by atoms with Crippen LogP contribution >= 0.6 is 0 Å². The van der Waals surface area contributed by atoms with E-state index >= 15 is 0 Å². The van der Waals surface area contributed by atoms with E-state index in [9.17, 15) is 87.2 Å². The molecule has 0 aromatic carbocycles. The first-order valence-electron chi connectivity index (χ1n) is 31.9. The van der Waals surface area contributed by atoms with E-state index in [1.807, 2.05) is 5.32 Å². The fraction of sp³-hybridized carbons (Fsp3) is 0.750. The topological polar surface area (TPSA) is 496 Å². The first-order chi connectivity index (χ1) is 43.2. The maximum absolute atomic E-state index is 14.6. The van der Waals surface area contributed by atoms with Gasteiger partial charge in [-0.25, -0.2) is 4.79 Å². The van der Waals surface area contributed by atoms with Gasteiger partial charge < -0.3 is 89.8 Å². The summed E-state index contributed by atoms with van der Waals surface area (Å²) >= 11 is 0. The highest BCUT2D eigenvalue weighted by Crippen LogP contribution is 2.25. The number of carboxylic acids is 3. The van der Waals surface area contributed by atoms with Gasteiger partial charge in [-0.3, -0.25) is 67.1 Å². The maximum atomic E-state index is 14.6. The lowest BCUT2D eigenvalue weighted by Crippen LogP contribution is -2.61. The number of carbonyl (C=O) groups excluding carboxylic acids is 12. The smallest absolute Gasteiger partial charge is 0.326 e. The molecular formula is C60H100N14O18. The Morgan fingerprint density at radius 3 is 1.52 bits per heavy atom. The number of nitrogens with two attached hydrogens (primary N) is 2. The van der Waals surface area contributed by atoms with Crippen LogP contribution in [0.1, 0.15) is 165 Å². The molecular weight excluding hydrogens is 1200 g/mol. The van der Waals surface area contributed by atoms with Gasteiger partial charge in [-0.1, -0.05) is 61.8 Å². The van der Waals surface area contributed by atoms with Crippen LogP contribution in [0.15, 0.2) is 0 Å². The lowest BCUT2D eigenvalue weighted by molar-refractivity contribution is -0.147. The van der Waals surface area contributed by atoms with Crippen molar-refractivity contribution < 1.29 is 87.2 Å². The summed E-state index contributed by atoms with van der Waals surface area (Å²) in [5.74, 6) is -15.8.